The third-order valence-electron chi connectivity index (χ3n) is 3.25. The molecule has 1 aromatic rings. The van der Waals surface area contributed by atoms with Gasteiger partial charge in [-0.1, -0.05) is 17.7 Å². The molecule has 16 heavy (non-hydrogen) atoms. The van der Waals surface area contributed by atoms with Gasteiger partial charge in [0.1, 0.15) is 11.0 Å². The lowest BCUT2D eigenvalue weighted by molar-refractivity contribution is 0.344. The normalized spacial score (nSPS) is 25.4. The first-order valence-corrected chi connectivity index (χ1v) is 6.25. The molecule has 0 bridgehead atoms. The Balaban J connectivity index is 1.87. The van der Waals surface area contributed by atoms with Crippen molar-refractivity contribution >= 4 is 17.4 Å². The van der Waals surface area contributed by atoms with Crippen LogP contribution in [0.1, 0.15) is 25.7 Å². The highest BCUT2D eigenvalue weighted by Crippen LogP contribution is 2.25. The Kier molecular flexibility index (Phi) is 4.02. The monoisotopic (exact) mass is 239 g/mol. The van der Waals surface area contributed by atoms with Crippen LogP contribution in [0.4, 0.5) is 5.82 Å². The van der Waals surface area contributed by atoms with Gasteiger partial charge < -0.3 is 11.1 Å². The van der Waals surface area contributed by atoms with Crippen molar-refractivity contribution in [3.8, 4) is 0 Å². The molecule has 0 radical (unpaired) electrons. The summed E-state index contributed by atoms with van der Waals surface area (Å²) in [4.78, 5) is 4.24. The van der Waals surface area contributed by atoms with Gasteiger partial charge in [-0.25, -0.2) is 4.98 Å². The van der Waals surface area contributed by atoms with Gasteiger partial charge in [0.25, 0.3) is 0 Å². The molecule has 0 aliphatic heterocycles. The number of nitrogens with one attached hydrogen (secondary N) is 1. The number of hydrogen-bond acceptors (Lipinski definition) is 3. The van der Waals surface area contributed by atoms with Crippen molar-refractivity contribution < 1.29 is 0 Å². The number of rotatable bonds is 3. The zero-order valence-corrected chi connectivity index (χ0v) is 10.1. The first-order valence-electron chi connectivity index (χ1n) is 5.87. The van der Waals surface area contributed by atoms with Crippen molar-refractivity contribution in [1.29, 1.82) is 0 Å². The Morgan fingerprint density at radius 1 is 1.31 bits per heavy atom. The molecule has 0 saturated heterocycles. The Morgan fingerprint density at radius 3 is 2.69 bits per heavy atom. The number of anilines is 1. The molecular weight excluding hydrogens is 222 g/mol. The first kappa shape index (κ1) is 11.7. The minimum absolute atomic E-state index is 0.522. The summed E-state index contributed by atoms with van der Waals surface area (Å²) in [6.07, 6.45) is 4.79. The topological polar surface area (TPSA) is 50.9 Å². The van der Waals surface area contributed by atoms with E-state index >= 15 is 0 Å². The molecule has 0 spiro atoms. The molecule has 88 valence electrons. The summed E-state index contributed by atoms with van der Waals surface area (Å²) in [5.41, 5.74) is 5.67. The van der Waals surface area contributed by atoms with E-state index in [1.54, 1.807) is 6.07 Å². The molecule has 1 heterocycles. The number of halogens is 1. The van der Waals surface area contributed by atoms with Gasteiger partial charge in [0.2, 0.25) is 0 Å². The molecule has 1 fully saturated rings. The largest absolute Gasteiger partial charge is 0.367 e. The van der Waals surface area contributed by atoms with E-state index < -0.39 is 0 Å². The van der Waals surface area contributed by atoms with Crippen molar-refractivity contribution in [2.45, 2.75) is 31.7 Å². The molecule has 0 amide bonds. The fraction of sp³-hybridized carbons (Fsp3) is 0.583. The van der Waals surface area contributed by atoms with Gasteiger partial charge >= 0.3 is 0 Å². The molecule has 0 atom stereocenters. The zero-order valence-electron chi connectivity index (χ0n) is 9.32. The van der Waals surface area contributed by atoms with Crippen LogP contribution in [0, 0.1) is 5.92 Å². The van der Waals surface area contributed by atoms with E-state index in [0.717, 1.165) is 12.4 Å². The minimum atomic E-state index is 0.522. The van der Waals surface area contributed by atoms with Gasteiger partial charge in [0.05, 0.1) is 0 Å². The van der Waals surface area contributed by atoms with Crippen molar-refractivity contribution in [2.75, 3.05) is 11.9 Å². The van der Waals surface area contributed by atoms with Crippen LogP contribution in [0.3, 0.4) is 0 Å². The summed E-state index contributed by atoms with van der Waals surface area (Å²) in [5.74, 6) is 1.59. The van der Waals surface area contributed by atoms with E-state index in [4.69, 9.17) is 17.3 Å². The summed E-state index contributed by atoms with van der Waals surface area (Å²) in [7, 11) is 0. The molecule has 1 aliphatic carbocycles. The SMILES string of the molecule is NCC1CCC(Nc2cccc(Cl)n2)CC1. The molecular formula is C12H18ClN3. The summed E-state index contributed by atoms with van der Waals surface area (Å²) in [6.45, 7) is 0.822. The molecule has 3 nitrogen and oxygen atoms in total. The fourth-order valence-electron chi connectivity index (χ4n) is 2.24. The lowest BCUT2D eigenvalue weighted by Crippen LogP contribution is -2.29. The van der Waals surface area contributed by atoms with Crippen LogP contribution in [0.5, 0.6) is 0 Å². The zero-order chi connectivity index (χ0) is 11.4. The third-order valence-corrected chi connectivity index (χ3v) is 3.46. The number of hydrogen-bond donors (Lipinski definition) is 2. The number of pyridine rings is 1. The molecule has 0 aromatic carbocycles. The van der Waals surface area contributed by atoms with Crippen molar-refractivity contribution in [1.82, 2.24) is 4.98 Å². The predicted octanol–water partition coefficient (Wildman–Crippen LogP) is 2.66. The highest BCUT2D eigenvalue weighted by atomic mass is 35.5. The standard InChI is InChI=1S/C12H18ClN3/c13-11-2-1-3-12(16-11)15-10-6-4-9(8-14)5-7-10/h1-3,9-10H,4-8,14H2,(H,15,16). The van der Waals surface area contributed by atoms with Crippen molar-refractivity contribution in [3.63, 3.8) is 0 Å². The average Bonchev–Trinajstić information content (AvgIpc) is 2.30. The molecule has 3 N–H and O–H groups in total. The van der Waals surface area contributed by atoms with Crippen molar-refractivity contribution in [2.24, 2.45) is 11.7 Å². The summed E-state index contributed by atoms with van der Waals surface area (Å²) < 4.78 is 0. The van der Waals surface area contributed by atoms with Gasteiger partial charge in [0.15, 0.2) is 0 Å². The maximum atomic E-state index is 5.84. The summed E-state index contributed by atoms with van der Waals surface area (Å²) >= 11 is 5.84. The second kappa shape index (κ2) is 5.51. The smallest absolute Gasteiger partial charge is 0.131 e. The molecule has 1 aromatic heterocycles. The molecule has 2 rings (SSSR count). The van der Waals surface area contributed by atoms with Crippen LogP contribution < -0.4 is 11.1 Å². The minimum Gasteiger partial charge on any atom is -0.367 e. The van der Waals surface area contributed by atoms with E-state index in [2.05, 4.69) is 10.3 Å². The lowest BCUT2D eigenvalue weighted by atomic mass is 9.86. The average molecular weight is 240 g/mol. The fourth-order valence-corrected chi connectivity index (χ4v) is 2.40. The Bertz CT molecular complexity index is 335. The number of aromatic nitrogens is 1. The van der Waals surface area contributed by atoms with Crippen LogP contribution >= 0.6 is 11.6 Å². The van der Waals surface area contributed by atoms with Crippen LogP contribution in [-0.4, -0.2) is 17.6 Å². The maximum absolute atomic E-state index is 5.84. The van der Waals surface area contributed by atoms with Crippen LogP contribution in [0.25, 0.3) is 0 Å². The van der Waals surface area contributed by atoms with Gasteiger partial charge in [-0.15, -0.1) is 0 Å². The van der Waals surface area contributed by atoms with E-state index in [9.17, 15) is 0 Å². The van der Waals surface area contributed by atoms with E-state index in [1.807, 2.05) is 12.1 Å². The summed E-state index contributed by atoms with van der Waals surface area (Å²) in [6, 6.07) is 6.19. The second-order valence-corrected chi connectivity index (χ2v) is 4.83. The molecule has 4 heteroatoms. The first-order chi connectivity index (χ1) is 7.78. The van der Waals surface area contributed by atoms with Gasteiger partial charge in [-0.2, -0.15) is 0 Å². The Labute approximate surface area is 101 Å². The van der Waals surface area contributed by atoms with Gasteiger partial charge in [-0.05, 0) is 50.3 Å². The van der Waals surface area contributed by atoms with Gasteiger partial charge in [-0.3, -0.25) is 0 Å². The quantitative estimate of drug-likeness (QED) is 0.798. The number of nitrogens with two attached hydrogens (primary N) is 1. The van der Waals surface area contributed by atoms with Crippen LogP contribution in [0.2, 0.25) is 5.15 Å². The molecule has 1 aliphatic rings. The van der Waals surface area contributed by atoms with E-state index in [-0.39, 0.29) is 0 Å². The Hall–Kier alpha value is -0.800. The predicted molar refractivity (Wildman–Crippen MR) is 67.7 cm³/mol. The van der Waals surface area contributed by atoms with Crippen LogP contribution in [-0.2, 0) is 0 Å². The highest BCUT2D eigenvalue weighted by molar-refractivity contribution is 6.29. The number of nitrogens with zero attached hydrogens (tertiary/aromatic N) is 1. The molecule has 0 unspecified atom stereocenters. The lowest BCUT2D eigenvalue weighted by Gasteiger charge is -2.28. The van der Waals surface area contributed by atoms with E-state index in [1.165, 1.54) is 25.7 Å². The molecule has 1 saturated carbocycles. The van der Waals surface area contributed by atoms with Crippen LogP contribution in [0.15, 0.2) is 18.2 Å². The maximum Gasteiger partial charge on any atom is 0.131 e. The summed E-state index contributed by atoms with van der Waals surface area (Å²) in [5, 5.41) is 3.97. The third kappa shape index (κ3) is 3.09. The van der Waals surface area contributed by atoms with E-state index in [0.29, 0.717) is 17.1 Å². The Morgan fingerprint density at radius 2 is 2.06 bits per heavy atom. The van der Waals surface area contributed by atoms with Crippen molar-refractivity contribution in [3.05, 3.63) is 23.4 Å². The van der Waals surface area contributed by atoms with Gasteiger partial charge in [0, 0.05) is 6.04 Å². The second-order valence-electron chi connectivity index (χ2n) is 4.44. The highest BCUT2D eigenvalue weighted by Gasteiger charge is 2.20.